The summed E-state index contributed by atoms with van der Waals surface area (Å²) in [5.41, 5.74) is 0. The van der Waals surface area contributed by atoms with Crippen molar-refractivity contribution in [2.24, 2.45) is 0 Å². The molecule has 1 fully saturated rings. The Balaban J connectivity index is 0.000000360. The van der Waals surface area contributed by atoms with E-state index in [4.69, 9.17) is 4.74 Å². The fourth-order valence-electron chi connectivity index (χ4n) is 0.687. The first kappa shape index (κ1) is 7.76. The van der Waals surface area contributed by atoms with E-state index in [9.17, 15) is 0 Å². The predicted molar refractivity (Wildman–Crippen MR) is 30.4 cm³/mol. The topological polar surface area (TPSA) is 9.23 Å². The van der Waals surface area contributed by atoms with Crippen molar-refractivity contribution in [1.82, 2.24) is 0 Å². The molecule has 40 valence electrons. The number of hydrogen-bond acceptors (Lipinski definition) is 1. The Morgan fingerprint density at radius 2 is 1.43 bits per heavy atom. The summed E-state index contributed by atoms with van der Waals surface area (Å²) in [6, 6.07) is 0. The van der Waals surface area contributed by atoms with Crippen molar-refractivity contribution in [3.63, 3.8) is 0 Å². The Labute approximate surface area is 61.4 Å². The van der Waals surface area contributed by atoms with Crippen molar-refractivity contribution in [2.75, 3.05) is 13.2 Å². The maximum Gasteiger partial charge on any atom is 0.0466 e. The molecular formula is C5H10OSn. The Hall–Kier alpha value is 0.759. The van der Waals surface area contributed by atoms with Crippen molar-refractivity contribution >= 4 is 23.9 Å². The van der Waals surface area contributed by atoms with Gasteiger partial charge in [-0.15, -0.1) is 0 Å². The van der Waals surface area contributed by atoms with E-state index in [0.717, 1.165) is 13.2 Å². The molecule has 0 bridgehead atoms. The van der Waals surface area contributed by atoms with Gasteiger partial charge in [0.25, 0.3) is 0 Å². The average Bonchev–Trinajstić information content (AvgIpc) is 1.72. The van der Waals surface area contributed by atoms with Crippen molar-refractivity contribution in [3.05, 3.63) is 0 Å². The second kappa shape index (κ2) is 4.91. The van der Waals surface area contributed by atoms with Gasteiger partial charge < -0.3 is 4.74 Å². The molecule has 1 saturated heterocycles. The molecule has 0 unspecified atom stereocenters. The number of rotatable bonds is 0. The van der Waals surface area contributed by atoms with Gasteiger partial charge >= 0.3 is 0 Å². The molecule has 1 nitrogen and oxygen atoms in total. The molecule has 4 radical (unpaired) electrons. The maximum absolute atomic E-state index is 5.07. The van der Waals surface area contributed by atoms with Gasteiger partial charge in [-0.25, -0.2) is 0 Å². The Kier molecular flexibility index (Phi) is 5.44. The third-order valence-corrected chi connectivity index (χ3v) is 1.08. The first-order chi connectivity index (χ1) is 3.00. The Morgan fingerprint density at radius 1 is 0.857 bits per heavy atom. The van der Waals surface area contributed by atoms with Crippen LogP contribution in [0.1, 0.15) is 19.3 Å². The fourth-order valence-corrected chi connectivity index (χ4v) is 0.687. The van der Waals surface area contributed by atoms with Crippen molar-refractivity contribution in [2.45, 2.75) is 19.3 Å². The third kappa shape index (κ3) is 3.35. The Morgan fingerprint density at radius 3 is 1.57 bits per heavy atom. The van der Waals surface area contributed by atoms with Gasteiger partial charge in [-0.2, -0.15) is 0 Å². The first-order valence-electron chi connectivity index (χ1n) is 2.58. The molecule has 0 saturated carbocycles. The van der Waals surface area contributed by atoms with E-state index in [1.165, 1.54) is 19.3 Å². The normalized spacial score (nSPS) is 20.6. The van der Waals surface area contributed by atoms with E-state index in [1.807, 2.05) is 0 Å². The summed E-state index contributed by atoms with van der Waals surface area (Å²) in [6.45, 7) is 2.00. The monoisotopic (exact) mass is 206 g/mol. The molecule has 0 aliphatic carbocycles. The molecule has 2 heteroatoms. The van der Waals surface area contributed by atoms with Gasteiger partial charge in [0.15, 0.2) is 0 Å². The number of hydrogen-bond donors (Lipinski definition) is 0. The predicted octanol–water partition coefficient (Wildman–Crippen LogP) is 0.806. The Bertz CT molecular complexity index is 23.6. The van der Waals surface area contributed by atoms with Crippen LogP contribution in [-0.4, -0.2) is 37.1 Å². The SMILES string of the molecule is C1CCOCC1.[Sn]. The van der Waals surface area contributed by atoms with Crippen LogP contribution in [0.2, 0.25) is 0 Å². The van der Waals surface area contributed by atoms with Gasteiger partial charge in [-0.1, -0.05) is 0 Å². The van der Waals surface area contributed by atoms with Crippen LogP contribution in [0.5, 0.6) is 0 Å². The molecule has 0 atom stereocenters. The van der Waals surface area contributed by atoms with E-state index >= 15 is 0 Å². The molecule has 1 heterocycles. The maximum atomic E-state index is 5.07. The molecule has 0 aromatic carbocycles. The minimum atomic E-state index is 0. The zero-order valence-corrected chi connectivity index (χ0v) is 7.30. The van der Waals surface area contributed by atoms with Gasteiger partial charge in [-0.05, 0) is 19.3 Å². The van der Waals surface area contributed by atoms with Gasteiger partial charge in [0.05, 0.1) is 0 Å². The summed E-state index contributed by atoms with van der Waals surface area (Å²) >= 11 is 0. The molecule has 0 amide bonds. The largest absolute Gasteiger partial charge is 0.381 e. The second-order valence-electron chi connectivity index (χ2n) is 1.67. The summed E-state index contributed by atoms with van der Waals surface area (Å²) < 4.78 is 5.07. The van der Waals surface area contributed by atoms with E-state index in [1.54, 1.807) is 0 Å². The minimum absolute atomic E-state index is 0. The zero-order valence-electron chi connectivity index (χ0n) is 4.44. The van der Waals surface area contributed by atoms with Crippen LogP contribution < -0.4 is 0 Å². The van der Waals surface area contributed by atoms with Crippen molar-refractivity contribution in [1.29, 1.82) is 0 Å². The number of ether oxygens (including phenoxy) is 1. The van der Waals surface area contributed by atoms with Crippen molar-refractivity contribution < 1.29 is 4.74 Å². The van der Waals surface area contributed by atoms with Crippen LogP contribution in [0.3, 0.4) is 0 Å². The molecule has 0 N–H and O–H groups in total. The summed E-state index contributed by atoms with van der Waals surface area (Å²) in [6.07, 6.45) is 3.93. The van der Waals surface area contributed by atoms with E-state index in [0.29, 0.717) is 0 Å². The van der Waals surface area contributed by atoms with Gasteiger partial charge in [0, 0.05) is 37.1 Å². The summed E-state index contributed by atoms with van der Waals surface area (Å²) in [7, 11) is 0. The van der Waals surface area contributed by atoms with Crippen LogP contribution in [0, 0.1) is 0 Å². The second-order valence-corrected chi connectivity index (χ2v) is 1.67. The van der Waals surface area contributed by atoms with Gasteiger partial charge in [0.2, 0.25) is 0 Å². The van der Waals surface area contributed by atoms with Crippen LogP contribution >= 0.6 is 0 Å². The molecule has 1 rings (SSSR count). The van der Waals surface area contributed by atoms with Gasteiger partial charge in [0.1, 0.15) is 0 Å². The molecule has 1 aliphatic heterocycles. The molecule has 0 aromatic rings. The van der Waals surface area contributed by atoms with Crippen LogP contribution in [0.4, 0.5) is 0 Å². The molecule has 1 aliphatic rings. The third-order valence-electron chi connectivity index (χ3n) is 1.08. The van der Waals surface area contributed by atoms with E-state index in [-0.39, 0.29) is 23.9 Å². The first-order valence-corrected chi connectivity index (χ1v) is 2.58. The minimum Gasteiger partial charge on any atom is -0.381 e. The quantitative estimate of drug-likeness (QED) is 0.531. The smallest absolute Gasteiger partial charge is 0.0466 e. The standard InChI is InChI=1S/C5H10O.Sn/c1-2-4-6-5-3-1;/h1-5H2;. The van der Waals surface area contributed by atoms with Crippen LogP contribution in [0.25, 0.3) is 0 Å². The summed E-state index contributed by atoms with van der Waals surface area (Å²) in [5, 5.41) is 0. The van der Waals surface area contributed by atoms with Crippen molar-refractivity contribution in [3.8, 4) is 0 Å². The zero-order chi connectivity index (χ0) is 4.24. The van der Waals surface area contributed by atoms with Crippen LogP contribution in [-0.2, 0) is 4.74 Å². The molecule has 0 spiro atoms. The molecular weight excluding hydrogens is 195 g/mol. The fraction of sp³-hybridized carbons (Fsp3) is 1.00. The average molecular weight is 205 g/mol. The van der Waals surface area contributed by atoms with E-state index in [2.05, 4.69) is 0 Å². The summed E-state index contributed by atoms with van der Waals surface area (Å²) in [4.78, 5) is 0. The molecule has 0 aromatic heterocycles. The van der Waals surface area contributed by atoms with Gasteiger partial charge in [-0.3, -0.25) is 0 Å². The van der Waals surface area contributed by atoms with Crippen LogP contribution in [0.15, 0.2) is 0 Å². The molecule has 7 heavy (non-hydrogen) atoms. The summed E-state index contributed by atoms with van der Waals surface area (Å²) in [5.74, 6) is 0. The van der Waals surface area contributed by atoms with E-state index < -0.39 is 0 Å².